The van der Waals surface area contributed by atoms with Crippen molar-refractivity contribution >= 4 is 29.2 Å². The summed E-state index contributed by atoms with van der Waals surface area (Å²) in [5.41, 5.74) is 0. The van der Waals surface area contributed by atoms with Gasteiger partial charge in [0, 0.05) is 13.1 Å². The summed E-state index contributed by atoms with van der Waals surface area (Å²) in [6.07, 6.45) is 2.24. The van der Waals surface area contributed by atoms with E-state index in [0.29, 0.717) is 4.32 Å². The van der Waals surface area contributed by atoms with Crippen molar-refractivity contribution in [3.63, 3.8) is 0 Å². The molecular weight excluding hydrogens is 359 g/mol. The topological polar surface area (TPSA) is 3.24 Å². The Morgan fingerprint density at radius 1 is 1.27 bits per heavy atom. The SMILES string of the molecule is CCCN(CCC)C(=S)[S-].[Au+]. The van der Waals surface area contributed by atoms with Crippen LogP contribution >= 0.6 is 12.2 Å². The van der Waals surface area contributed by atoms with Gasteiger partial charge in [-0.3, -0.25) is 0 Å². The molecule has 0 unspecified atom stereocenters. The number of thiocarbonyl (C=S) groups is 1. The van der Waals surface area contributed by atoms with Crippen LogP contribution in [0.15, 0.2) is 0 Å². The first-order valence-electron chi connectivity index (χ1n) is 3.68. The van der Waals surface area contributed by atoms with Gasteiger partial charge in [0.25, 0.3) is 0 Å². The maximum Gasteiger partial charge on any atom is 1.00 e. The molecule has 0 spiro atoms. The first-order valence-corrected chi connectivity index (χ1v) is 4.50. The van der Waals surface area contributed by atoms with Crippen LogP contribution in [0.25, 0.3) is 0 Å². The summed E-state index contributed by atoms with van der Waals surface area (Å²) in [7, 11) is 0. The van der Waals surface area contributed by atoms with Crippen LogP contribution < -0.4 is 0 Å². The minimum atomic E-state index is 0. The van der Waals surface area contributed by atoms with Crippen molar-refractivity contribution in [1.29, 1.82) is 0 Å². The zero-order valence-electron chi connectivity index (χ0n) is 6.89. The van der Waals surface area contributed by atoms with Gasteiger partial charge in [-0.2, -0.15) is 0 Å². The molecule has 0 bridgehead atoms. The van der Waals surface area contributed by atoms with Gasteiger partial charge >= 0.3 is 22.4 Å². The molecule has 0 aromatic heterocycles. The maximum absolute atomic E-state index is 4.89. The molecule has 0 saturated carbocycles. The molecular formula is C7H14AuNS2. The van der Waals surface area contributed by atoms with E-state index in [1.165, 1.54) is 0 Å². The number of hydrogen-bond donors (Lipinski definition) is 0. The summed E-state index contributed by atoms with van der Waals surface area (Å²) in [5.74, 6) is 0. The molecule has 0 atom stereocenters. The van der Waals surface area contributed by atoms with Crippen LogP contribution in [0.3, 0.4) is 0 Å². The van der Waals surface area contributed by atoms with Crippen molar-refractivity contribution in [2.75, 3.05) is 13.1 Å². The third-order valence-electron chi connectivity index (χ3n) is 1.25. The number of rotatable bonds is 4. The van der Waals surface area contributed by atoms with Gasteiger partial charge in [0.15, 0.2) is 0 Å². The van der Waals surface area contributed by atoms with Gasteiger partial charge < -0.3 is 29.7 Å². The van der Waals surface area contributed by atoms with Crippen molar-refractivity contribution in [2.24, 2.45) is 0 Å². The van der Waals surface area contributed by atoms with Crippen LogP contribution in [-0.4, -0.2) is 22.3 Å². The largest absolute Gasteiger partial charge is 1.00 e. The van der Waals surface area contributed by atoms with Gasteiger partial charge in [-0.05, 0) is 12.8 Å². The second-order valence-electron chi connectivity index (χ2n) is 2.25. The summed E-state index contributed by atoms with van der Waals surface area (Å²) >= 11 is 9.78. The van der Waals surface area contributed by atoms with E-state index in [0.717, 1.165) is 25.9 Å². The first-order chi connectivity index (χ1) is 4.72. The average molecular weight is 373 g/mol. The van der Waals surface area contributed by atoms with Gasteiger partial charge in [-0.25, -0.2) is 0 Å². The second-order valence-corrected chi connectivity index (χ2v) is 3.28. The Kier molecular flexibility index (Phi) is 11.7. The molecule has 0 aliphatic rings. The van der Waals surface area contributed by atoms with E-state index in [2.05, 4.69) is 18.7 Å². The molecule has 0 radical (unpaired) electrons. The normalized spacial score (nSPS) is 8.55. The van der Waals surface area contributed by atoms with Crippen LogP contribution in [0.1, 0.15) is 26.7 Å². The average Bonchev–Trinajstić information content (AvgIpc) is 1.87. The monoisotopic (exact) mass is 373 g/mol. The first kappa shape index (κ1) is 14.4. The summed E-state index contributed by atoms with van der Waals surface area (Å²) in [5, 5.41) is 0. The Bertz CT molecular complexity index is 103. The van der Waals surface area contributed by atoms with Gasteiger partial charge in [-0.1, -0.05) is 18.2 Å². The summed E-state index contributed by atoms with van der Waals surface area (Å²) in [6.45, 7) is 6.29. The molecule has 0 aromatic rings. The minimum Gasteiger partial charge on any atom is -0.411 e. The quantitative estimate of drug-likeness (QED) is 0.421. The Hall–Kier alpha value is 0.850. The molecule has 0 fully saturated rings. The van der Waals surface area contributed by atoms with E-state index in [-0.39, 0.29) is 22.4 Å². The molecule has 70 valence electrons. The summed E-state index contributed by atoms with van der Waals surface area (Å²) in [4.78, 5) is 2.07. The molecule has 0 aliphatic carbocycles. The predicted molar refractivity (Wildman–Crippen MR) is 52.1 cm³/mol. The van der Waals surface area contributed by atoms with Crippen molar-refractivity contribution in [2.45, 2.75) is 26.7 Å². The van der Waals surface area contributed by atoms with Crippen molar-refractivity contribution in [3.8, 4) is 0 Å². The van der Waals surface area contributed by atoms with Crippen molar-refractivity contribution in [1.82, 2.24) is 4.90 Å². The fourth-order valence-corrected chi connectivity index (χ4v) is 1.20. The molecule has 0 aliphatic heterocycles. The van der Waals surface area contributed by atoms with Gasteiger partial charge in [0.2, 0.25) is 0 Å². The van der Waals surface area contributed by atoms with E-state index >= 15 is 0 Å². The minimum absolute atomic E-state index is 0. The third kappa shape index (κ3) is 7.22. The van der Waals surface area contributed by atoms with Crippen LogP contribution in [0.2, 0.25) is 0 Å². The van der Waals surface area contributed by atoms with Crippen molar-refractivity contribution < 1.29 is 22.4 Å². The fourth-order valence-electron chi connectivity index (χ4n) is 0.834. The fraction of sp³-hybridized carbons (Fsp3) is 0.857. The predicted octanol–water partition coefficient (Wildman–Crippen LogP) is 1.94. The Balaban J connectivity index is 0. The molecule has 0 saturated heterocycles. The number of hydrogen-bond acceptors (Lipinski definition) is 2. The smallest absolute Gasteiger partial charge is 0.411 e. The summed E-state index contributed by atoms with van der Waals surface area (Å²) in [6, 6.07) is 0. The van der Waals surface area contributed by atoms with Crippen LogP contribution in [0.4, 0.5) is 0 Å². The second kappa shape index (κ2) is 8.94. The van der Waals surface area contributed by atoms with Crippen LogP contribution in [0.5, 0.6) is 0 Å². The van der Waals surface area contributed by atoms with Gasteiger partial charge in [0.1, 0.15) is 0 Å². The zero-order chi connectivity index (χ0) is 7.98. The molecule has 0 N–H and O–H groups in total. The molecule has 0 heterocycles. The third-order valence-corrected chi connectivity index (χ3v) is 1.76. The standard InChI is InChI=1S/C7H15NS2.Au/c1-3-5-8(6-4-2)7(9)10;/h3-6H2,1-2H3,(H,9,10);/q;+1/p-1. The molecule has 0 rings (SSSR count). The van der Waals surface area contributed by atoms with Gasteiger partial charge in [-0.15, -0.1) is 0 Å². The van der Waals surface area contributed by atoms with Gasteiger partial charge in [0.05, 0.1) is 0 Å². The Morgan fingerprint density at radius 2 is 1.64 bits per heavy atom. The molecule has 1 nitrogen and oxygen atoms in total. The molecule has 4 heteroatoms. The molecule has 0 amide bonds. The van der Waals surface area contributed by atoms with Crippen LogP contribution in [-0.2, 0) is 35.0 Å². The van der Waals surface area contributed by atoms with E-state index in [4.69, 9.17) is 24.8 Å². The van der Waals surface area contributed by atoms with Crippen molar-refractivity contribution in [3.05, 3.63) is 0 Å². The van der Waals surface area contributed by atoms with E-state index < -0.39 is 0 Å². The van der Waals surface area contributed by atoms with E-state index in [1.54, 1.807) is 0 Å². The Morgan fingerprint density at radius 3 is 1.82 bits per heavy atom. The van der Waals surface area contributed by atoms with E-state index in [9.17, 15) is 0 Å². The molecule has 0 aromatic carbocycles. The van der Waals surface area contributed by atoms with E-state index in [1.807, 2.05) is 0 Å². The zero-order valence-corrected chi connectivity index (χ0v) is 10.7. The Labute approximate surface area is 95.8 Å². The number of nitrogens with zero attached hydrogens (tertiary/aromatic N) is 1. The summed E-state index contributed by atoms with van der Waals surface area (Å²) < 4.78 is 0.615. The maximum atomic E-state index is 4.89. The van der Waals surface area contributed by atoms with Crippen LogP contribution in [0, 0.1) is 0 Å². The molecule has 11 heavy (non-hydrogen) atoms.